The molecule has 3 nitrogen and oxygen atoms in total. The van der Waals surface area contributed by atoms with Gasteiger partial charge < -0.3 is 15.2 Å². The smallest absolute Gasteiger partial charge is 0.158 e. The second kappa shape index (κ2) is 11.0. The average Bonchev–Trinajstić information content (AvgIpc) is 2.18. The summed E-state index contributed by atoms with van der Waals surface area (Å²) in [7, 11) is 0. The fourth-order valence-corrected chi connectivity index (χ4v) is 1.07. The summed E-state index contributed by atoms with van der Waals surface area (Å²) in [5.74, 6) is 0. The van der Waals surface area contributed by atoms with E-state index in [0.29, 0.717) is 6.54 Å². The Balaban J connectivity index is 3.44. The second-order valence-corrected chi connectivity index (χ2v) is 3.46. The van der Waals surface area contributed by atoms with Crippen LogP contribution in [0.1, 0.15) is 46.0 Å². The maximum Gasteiger partial charge on any atom is 0.158 e. The molecule has 0 saturated carbocycles. The van der Waals surface area contributed by atoms with Gasteiger partial charge in [0, 0.05) is 19.6 Å². The van der Waals surface area contributed by atoms with Crippen molar-refractivity contribution in [3.05, 3.63) is 0 Å². The summed E-state index contributed by atoms with van der Waals surface area (Å²) in [5.41, 5.74) is 5.48. The van der Waals surface area contributed by atoms with Crippen LogP contribution < -0.4 is 5.73 Å². The third-order valence-corrected chi connectivity index (χ3v) is 2.01. The number of ether oxygens (including phenoxy) is 2. The molecule has 0 amide bonds. The highest BCUT2D eigenvalue weighted by atomic mass is 16.7. The largest absolute Gasteiger partial charge is 0.353 e. The van der Waals surface area contributed by atoms with E-state index in [2.05, 4.69) is 13.8 Å². The zero-order valence-corrected chi connectivity index (χ0v) is 9.63. The summed E-state index contributed by atoms with van der Waals surface area (Å²) in [6.45, 7) is 6.50. The van der Waals surface area contributed by atoms with Crippen molar-refractivity contribution >= 4 is 0 Å². The predicted octanol–water partition coefficient (Wildman–Crippen LogP) is 2.29. The SMILES string of the molecule is CCCCOC(CCN)OCCCC. The Hall–Kier alpha value is -0.120. The van der Waals surface area contributed by atoms with Gasteiger partial charge in [-0.1, -0.05) is 26.7 Å². The molecule has 3 heteroatoms. The van der Waals surface area contributed by atoms with E-state index in [4.69, 9.17) is 15.2 Å². The minimum absolute atomic E-state index is 0.0851. The maximum absolute atomic E-state index is 5.57. The lowest BCUT2D eigenvalue weighted by atomic mass is 10.3. The van der Waals surface area contributed by atoms with E-state index in [1.165, 1.54) is 0 Å². The van der Waals surface area contributed by atoms with Crippen molar-refractivity contribution in [1.82, 2.24) is 0 Å². The van der Waals surface area contributed by atoms with Gasteiger partial charge in [0.1, 0.15) is 0 Å². The van der Waals surface area contributed by atoms with Crippen molar-refractivity contribution in [3.63, 3.8) is 0 Å². The number of rotatable bonds is 10. The van der Waals surface area contributed by atoms with Gasteiger partial charge in [-0.15, -0.1) is 0 Å². The van der Waals surface area contributed by atoms with Gasteiger partial charge in [-0.25, -0.2) is 0 Å². The first-order valence-electron chi connectivity index (χ1n) is 5.78. The standard InChI is InChI=1S/C11H25NO2/c1-3-5-9-13-11(7-8-12)14-10-6-4-2/h11H,3-10,12H2,1-2H3. The molecule has 86 valence electrons. The lowest BCUT2D eigenvalue weighted by Gasteiger charge is -2.17. The molecule has 0 aromatic carbocycles. The van der Waals surface area contributed by atoms with Crippen molar-refractivity contribution in [2.45, 2.75) is 52.2 Å². The second-order valence-electron chi connectivity index (χ2n) is 3.46. The van der Waals surface area contributed by atoms with Crippen LogP contribution in [0.4, 0.5) is 0 Å². The van der Waals surface area contributed by atoms with Crippen LogP contribution in [-0.2, 0) is 9.47 Å². The highest BCUT2D eigenvalue weighted by molar-refractivity contribution is 4.47. The predicted molar refractivity (Wildman–Crippen MR) is 59.2 cm³/mol. The van der Waals surface area contributed by atoms with Crippen LogP contribution in [-0.4, -0.2) is 26.0 Å². The highest BCUT2D eigenvalue weighted by Gasteiger charge is 2.07. The summed E-state index contributed by atoms with van der Waals surface area (Å²) in [6.07, 6.45) is 5.22. The fraction of sp³-hybridized carbons (Fsp3) is 1.00. The van der Waals surface area contributed by atoms with Crippen LogP contribution in [0.5, 0.6) is 0 Å². The maximum atomic E-state index is 5.57. The molecule has 2 N–H and O–H groups in total. The monoisotopic (exact) mass is 203 g/mol. The van der Waals surface area contributed by atoms with Gasteiger partial charge in [0.2, 0.25) is 0 Å². The van der Waals surface area contributed by atoms with Gasteiger partial charge in [-0.3, -0.25) is 0 Å². The van der Waals surface area contributed by atoms with Crippen LogP contribution >= 0.6 is 0 Å². The fourth-order valence-electron chi connectivity index (χ4n) is 1.07. The van der Waals surface area contributed by atoms with Gasteiger partial charge in [0.15, 0.2) is 6.29 Å². The van der Waals surface area contributed by atoms with Crippen molar-refractivity contribution in [2.24, 2.45) is 5.73 Å². The highest BCUT2D eigenvalue weighted by Crippen LogP contribution is 2.03. The molecule has 0 aliphatic heterocycles. The third-order valence-electron chi connectivity index (χ3n) is 2.01. The number of hydrogen-bond donors (Lipinski definition) is 1. The molecule has 14 heavy (non-hydrogen) atoms. The Labute approximate surface area is 88.0 Å². The Morgan fingerprint density at radius 2 is 1.50 bits per heavy atom. The Bertz CT molecular complexity index is 99.5. The van der Waals surface area contributed by atoms with E-state index in [-0.39, 0.29) is 6.29 Å². The lowest BCUT2D eigenvalue weighted by Crippen LogP contribution is -2.22. The molecule has 0 aromatic heterocycles. The molecule has 0 rings (SSSR count). The van der Waals surface area contributed by atoms with Crippen LogP contribution in [0.3, 0.4) is 0 Å². The first-order valence-corrected chi connectivity index (χ1v) is 5.78. The van der Waals surface area contributed by atoms with Crippen LogP contribution in [0.25, 0.3) is 0 Å². The molecular formula is C11H25NO2. The van der Waals surface area contributed by atoms with Crippen molar-refractivity contribution < 1.29 is 9.47 Å². The molecule has 0 spiro atoms. The number of nitrogens with two attached hydrogens (primary N) is 1. The summed E-state index contributed by atoms with van der Waals surface area (Å²) < 4.78 is 11.1. The van der Waals surface area contributed by atoms with E-state index in [1.54, 1.807) is 0 Å². The number of unbranched alkanes of at least 4 members (excludes halogenated alkanes) is 2. The zero-order chi connectivity index (χ0) is 10.6. The van der Waals surface area contributed by atoms with Gasteiger partial charge >= 0.3 is 0 Å². The van der Waals surface area contributed by atoms with Crippen LogP contribution in [0.2, 0.25) is 0 Å². The molecule has 0 bridgehead atoms. The molecule has 0 heterocycles. The Morgan fingerprint density at radius 1 is 1.00 bits per heavy atom. The molecule has 0 aromatic rings. The summed E-state index contributed by atoms with van der Waals surface area (Å²) >= 11 is 0. The van der Waals surface area contributed by atoms with Gasteiger partial charge in [-0.2, -0.15) is 0 Å². The van der Waals surface area contributed by atoms with Gasteiger partial charge in [-0.05, 0) is 19.4 Å². The molecule has 0 unspecified atom stereocenters. The average molecular weight is 203 g/mol. The van der Waals surface area contributed by atoms with Crippen LogP contribution in [0.15, 0.2) is 0 Å². The lowest BCUT2D eigenvalue weighted by molar-refractivity contribution is -0.145. The molecule has 0 aliphatic carbocycles. The summed E-state index contributed by atoms with van der Waals surface area (Å²) in [5, 5.41) is 0. The summed E-state index contributed by atoms with van der Waals surface area (Å²) in [6, 6.07) is 0. The van der Waals surface area contributed by atoms with E-state index in [9.17, 15) is 0 Å². The van der Waals surface area contributed by atoms with Gasteiger partial charge in [0.05, 0.1) is 0 Å². The minimum atomic E-state index is -0.0851. The zero-order valence-electron chi connectivity index (χ0n) is 9.63. The van der Waals surface area contributed by atoms with Gasteiger partial charge in [0.25, 0.3) is 0 Å². The molecular weight excluding hydrogens is 178 g/mol. The van der Waals surface area contributed by atoms with E-state index >= 15 is 0 Å². The van der Waals surface area contributed by atoms with E-state index in [0.717, 1.165) is 45.3 Å². The van der Waals surface area contributed by atoms with Crippen molar-refractivity contribution in [2.75, 3.05) is 19.8 Å². The Morgan fingerprint density at radius 3 is 1.86 bits per heavy atom. The topological polar surface area (TPSA) is 44.5 Å². The van der Waals surface area contributed by atoms with Crippen LogP contribution in [0, 0.1) is 0 Å². The minimum Gasteiger partial charge on any atom is -0.353 e. The molecule has 0 saturated heterocycles. The molecule has 0 atom stereocenters. The molecule has 0 aliphatic rings. The normalized spacial score (nSPS) is 11.1. The van der Waals surface area contributed by atoms with Crippen molar-refractivity contribution in [1.29, 1.82) is 0 Å². The molecule has 0 radical (unpaired) electrons. The third kappa shape index (κ3) is 8.48. The first-order chi connectivity index (χ1) is 6.85. The quantitative estimate of drug-likeness (QED) is 0.437. The molecule has 0 fully saturated rings. The number of hydrogen-bond acceptors (Lipinski definition) is 3. The first kappa shape index (κ1) is 13.9. The van der Waals surface area contributed by atoms with E-state index in [1.807, 2.05) is 0 Å². The Kier molecular flexibility index (Phi) is 10.9. The van der Waals surface area contributed by atoms with E-state index < -0.39 is 0 Å². The van der Waals surface area contributed by atoms with Crippen molar-refractivity contribution in [3.8, 4) is 0 Å². The summed E-state index contributed by atoms with van der Waals surface area (Å²) in [4.78, 5) is 0.